The Labute approximate surface area is 80.0 Å². The molecule has 2 rings (SSSR count). The maximum atomic E-state index is 5.54. The summed E-state index contributed by atoms with van der Waals surface area (Å²) in [5, 5.41) is 0. The first-order valence-corrected chi connectivity index (χ1v) is 4.78. The minimum atomic E-state index is 0.407. The number of hydrogen-bond acceptors (Lipinski definition) is 1. The molecule has 1 saturated carbocycles. The van der Waals surface area contributed by atoms with Crippen molar-refractivity contribution in [1.82, 2.24) is 0 Å². The minimum Gasteiger partial charge on any atom is -0.326 e. The highest BCUT2D eigenvalue weighted by Crippen LogP contribution is 2.57. The van der Waals surface area contributed by atoms with Gasteiger partial charge in [-0.25, -0.2) is 0 Å². The van der Waals surface area contributed by atoms with E-state index in [1.165, 1.54) is 11.1 Å². The predicted octanol–water partition coefficient (Wildman–Crippen LogP) is 2.47. The molecule has 0 saturated heterocycles. The summed E-state index contributed by atoms with van der Waals surface area (Å²) < 4.78 is 0. The van der Waals surface area contributed by atoms with E-state index in [-0.39, 0.29) is 0 Å². The Balaban J connectivity index is 2.16. The number of hydrogen-bond donors (Lipinski definition) is 1. The molecule has 0 aliphatic heterocycles. The number of benzene rings is 1. The monoisotopic (exact) mass is 174 g/mol. The quantitative estimate of drug-likeness (QED) is 0.732. The fourth-order valence-corrected chi connectivity index (χ4v) is 1.77. The Bertz CT molecular complexity index is 297. The number of nitrogens with two attached hydrogens (primary N) is 1. The molecule has 1 radical (unpaired) electrons. The van der Waals surface area contributed by atoms with E-state index in [0.717, 1.165) is 0 Å². The van der Waals surface area contributed by atoms with Crippen molar-refractivity contribution >= 4 is 0 Å². The van der Waals surface area contributed by atoms with E-state index in [1.54, 1.807) is 0 Å². The molecule has 1 unspecified atom stereocenters. The molecular weight excluding hydrogens is 158 g/mol. The lowest BCUT2D eigenvalue weighted by Gasteiger charge is -2.04. The average Bonchev–Trinajstić information content (AvgIpc) is 2.76. The maximum absolute atomic E-state index is 5.54. The summed E-state index contributed by atoms with van der Waals surface area (Å²) in [7, 11) is 0. The van der Waals surface area contributed by atoms with Crippen LogP contribution in [0, 0.1) is 11.8 Å². The lowest BCUT2D eigenvalue weighted by atomic mass is 10.0. The van der Waals surface area contributed by atoms with Gasteiger partial charge < -0.3 is 5.73 Å². The van der Waals surface area contributed by atoms with Crippen molar-refractivity contribution in [1.29, 1.82) is 0 Å². The zero-order valence-electron chi connectivity index (χ0n) is 8.25. The molecule has 1 heteroatoms. The maximum Gasteiger partial charge on any atom is 0.0178 e. The zero-order valence-corrected chi connectivity index (χ0v) is 8.25. The van der Waals surface area contributed by atoms with Gasteiger partial charge in [-0.05, 0) is 28.9 Å². The third-order valence-electron chi connectivity index (χ3n) is 2.86. The molecule has 2 N–H and O–H groups in total. The third-order valence-corrected chi connectivity index (χ3v) is 2.86. The topological polar surface area (TPSA) is 26.0 Å². The lowest BCUT2D eigenvalue weighted by Crippen LogP contribution is -1.96. The van der Waals surface area contributed by atoms with Gasteiger partial charge in [-0.15, -0.1) is 0 Å². The van der Waals surface area contributed by atoms with Crippen LogP contribution in [0.15, 0.2) is 24.3 Å². The van der Waals surface area contributed by atoms with Crippen LogP contribution in [0.4, 0.5) is 0 Å². The molecule has 1 aromatic rings. The lowest BCUT2D eigenvalue weighted by molar-refractivity contribution is 0.640. The van der Waals surface area contributed by atoms with Crippen molar-refractivity contribution in [3.05, 3.63) is 41.8 Å². The Morgan fingerprint density at radius 1 is 1.23 bits per heavy atom. The minimum absolute atomic E-state index is 0.407. The molecule has 1 aromatic carbocycles. The normalized spacial score (nSPS) is 24.4. The van der Waals surface area contributed by atoms with Crippen LogP contribution in [-0.4, -0.2) is 0 Å². The van der Waals surface area contributed by atoms with Crippen LogP contribution < -0.4 is 5.73 Å². The zero-order chi connectivity index (χ0) is 9.47. The smallest absolute Gasteiger partial charge is 0.0178 e. The summed E-state index contributed by atoms with van der Waals surface area (Å²) in [5.41, 5.74) is 8.57. The number of rotatable bonds is 2. The van der Waals surface area contributed by atoms with Crippen molar-refractivity contribution in [3.63, 3.8) is 0 Å². The van der Waals surface area contributed by atoms with Gasteiger partial charge in [-0.1, -0.05) is 38.1 Å². The van der Waals surface area contributed by atoms with Gasteiger partial charge in [0.15, 0.2) is 0 Å². The highest BCUT2D eigenvalue weighted by Gasteiger charge is 2.46. The van der Waals surface area contributed by atoms with Crippen molar-refractivity contribution in [3.8, 4) is 0 Å². The van der Waals surface area contributed by atoms with Crippen molar-refractivity contribution in [2.45, 2.75) is 26.3 Å². The van der Waals surface area contributed by atoms with Gasteiger partial charge >= 0.3 is 0 Å². The Morgan fingerprint density at radius 2 is 1.77 bits per heavy atom. The summed E-state index contributed by atoms with van der Waals surface area (Å²) in [6.45, 7) is 5.18. The van der Waals surface area contributed by atoms with Gasteiger partial charge in [0.05, 0.1) is 0 Å². The van der Waals surface area contributed by atoms with E-state index >= 15 is 0 Å². The Morgan fingerprint density at radius 3 is 2.15 bits per heavy atom. The van der Waals surface area contributed by atoms with Crippen LogP contribution in [0.5, 0.6) is 0 Å². The largest absolute Gasteiger partial charge is 0.326 e. The van der Waals surface area contributed by atoms with Gasteiger partial charge in [0.1, 0.15) is 0 Å². The summed E-state index contributed by atoms with van der Waals surface area (Å²) >= 11 is 0. The van der Waals surface area contributed by atoms with Gasteiger partial charge in [0, 0.05) is 6.54 Å². The van der Waals surface area contributed by atoms with Crippen molar-refractivity contribution in [2.24, 2.45) is 11.1 Å². The predicted molar refractivity (Wildman–Crippen MR) is 55.2 cm³/mol. The van der Waals surface area contributed by atoms with Crippen molar-refractivity contribution in [2.75, 3.05) is 0 Å². The molecule has 0 bridgehead atoms. The summed E-state index contributed by atoms with van der Waals surface area (Å²) in [5.74, 6) is 0.652. The van der Waals surface area contributed by atoms with Crippen LogP contribution in [-0.2, 0) is 6.54 Å². The fraction of sp³-hybridized carbons (Fsp3) is 0.417. The van der Waals surface area contributed by atoms with Crippen molar-refractivity contribution < 1.29 is 0 Å². The molecule has 0 aromatic heterocycles. The van der Waals surface area contributed by atoms with E-state index in [9.17, 15) is 0 Å². The molecule has 1 nitrogen and oxygen atoms in total. The van der Waals surface area contributed by atoms with Crippen LogP contribution >= 0.6 is 0 Å². The van der Waals surface area contributed by atoms with E-state index in [4.69, 9.17) is 5.73 Å². The van der Waals surface area contributed by atoms with E-state index in [2.05, 4.69) is 44.5 Å². The molecule has 0 spiro atoms. The van der Waals surface area contributed by atoms with Gasteiger partial charge in [0.25, 0.3) is 0 Å². The van der Waals surface area contributed by atoms with Gasteiger partial charge in [-0.2, -0.15) is 0 Å². The van der Waals surface area contributed by atoms with Crippen LogP contribution in [0.3, 0.4) is 0 Å². The molecule has 1 aliphatic rings. The molecule has 1 atom stereocenters. The van der Waals surface area contributed by atoms with Crippen LogP contribution in [0.2, 0.25) is 0 Å². The van der Waals surface area contributed by atoms with E-state index in [1.807, 2.05) is 0 Å². The highest BCUT2D eigenvalue weighted by molar-refractivity contribution is 5.37. The highest BCUT2D eigenvalue weighted by atomic mass is 14.5. The summed E-state index contributed by atoms with van der Waals surface area (Å²) in [4.78, 5) is 0. The van der Waals surface area contributed by atoms with Crippen LogP contribution in [0.25, 0.3) is 0 Å². The Kier molecular flexibility index (Phi) is 1.92. The average molecular weight is 174 g/mol. The third kappa shape index (κ3) is 1.61. The first-order chi connectivity index (χ1) is 6.13. The Hall–Kier alpha value is -0.820. The summed E-state index contributed by atoms with van der Waals surface area (Å²) in [6.07, 6.45) is 2.38. The molecule has 13 heavy (non-hydrogen) atoms. The van der Waals surface area contributed by atoms with Gasteiger partial charge in [-0.3, -0.25) is 0 Å². The molecule has 0 heterocycles. The molecular formula is C12H16N. The first-order valence-electron chi connectivity index (χ1n) is 4.78. The molecule has 0 amide bonds. The van der Waals surface area contributed by atoms with Gasteiger partial charge in [0.2, 0.25) is 0 Å². The van der Waals surface area contributed by atoms with E-state index in [0.29, 0.717) is 17.9 Å². The second-order valence-corrected chi connectivity index (χ2v) is 4.41. The fourth-order valence-electron chi connectivity index (χ4n) is 1.77. The SMILES string of the molecule is CC1(C)[CH]C1c1ccc(CN)cc1. The standard InChI is InChI=1S/C12H16N/c1-12(2)7-11(12)10-5-3-9(8-13)4-6-10/h3-7,11H,8,13H2,1-2H3. The second-order valence-electron chi connectivity index (χ2n) is 4.41. The molecule has 1 aliphatic carbocycles. The van der Waals surface area contributed by atoms with Crippen LogP contribution in [0.1, 0.15) is 30.9 Å². The molecule has 1 fully saturated rings. The molecule has 69 valence electrons. The summed E-state index contributed by atoms with van der Waals surface area (Å²) in [6, 6.07) is 8.63. The van der Waals surface area contributed by atoms with E-state index < -0.39 is 0 Å². The first kappa shape index (κ1) is 8.76. The second kappa shape index (κ2) is 2.85.